The molecule has 0 fully saturated rings. The molecule has 7 heteroatoms. The topological polar surface area (TPSA) is 56.3 Å². The maximum Gasteiger partial charge on any atom is 0.387 e. The van der Waals surface area contributed by atoms with Gasteiger partial charge in [0.1, 0.15) is 5.82 Å². The lowest BCUT2D eigenvalue weighted by Gasteiger charge is -2.12. The van der Waals surface area contributed by atoms with Gasteiger partial charge >= 0.3 is 6.61 Å². The van der Waals surface area contributed by atoms with Gasteiger partial charge in [-0.2, -0.15) is 8.78 Å². The van der Waals surface area contributed by atoms with E-state index < -0.39 is 6.61 Å². The maximum absolute atomic E-state index is 12.4. The number of ether oxygens (including phenoxy) is 2. The smallest absolute Gasteiger partial charge is 0.387 e. The van der Waals surface area contributed by atoms with Gasteiger partial charge in [-0.15, -0.1) is 0 Å². The summed E-state index contributed by atoms with van der Waals surface area (Å²) < 4.78 is 34.2. The van der Waals surface area contributed by atoms with Gasteiger partial charge in [0.15, 0.2) is 11.5 Å². The van der Waals surface area contributed by atoms with Crippen LogP contribution in [0.1, 0.15) is 11.3 Å². The van der Waals surface area contributed by atoms with Gasteiger partial charge in [-0.3, -0.25) is 4.98 Å². The molecule has 0 radical (unpaired) electrons. The number of aryl methyl sites for hydroxylation is 1. The molecule has 0 spiro atoms. The quantitative estimate of drug-likeness (QED) is 0.852. The number of aromatic nitrogens is 2. The van der Waals surface area contributed by atoms with E-state index in [-0.39, 0.29) is 11.5 Å². The Kier molecular flexibility index (Phi) is 5.46. The number of rotatable bonds is 7. The first kappa shape index (κ1) is 15.9. The monoisotopic (exact) mass is 309 g/mol. The van der Waals surface area contributed by atoms with Crippen LogP contribution in [-0.2, 0) is 6.42 Å². The molecule has 1 aromatic heterocycles. The second-order valence-electron chi connectivity index (χ2n) is 4.59. The zero-order valence-electron chi connectivity index (χ0n) is 12.3. The van der Waals surface area contributed by atoms with Crippen LogP contribution in [0.25, 0.3) is 0 Å². The minimum atomic E-state index is -2.88. The molecular weight excluding hydrogens is 292 g/mol. The van der Waals surface area contributed by atoms with Gasteiger partial charge in [-0.05, 0) is 31.0 Å². The summed E-state index contributed by atoms with van der Waals surface area (Å²) in [5.41, 5.74) is 1.67. The van der Waals surface area contributed by atoms with Crippen molar-refractivity contribution in [2.45, 2.75) is 20.0 Å². The SMILES string of the molecule is COc1ccc(CCNc2cncc(C)n2)cc1OC(F)F. The third-order valence-corrected chi connectivity index (χ3v) is 2.92. The molecule has 5 nitrogen and oxygen atoms in total. The molecule has 0 saturated carbocycles. The second-order valence-corrected chi connectivity index (χ2v) is 4.59. The van der Waals surface area contributed by atoms with Crippen molar-refractivity contribution in [2.24, 2.45) is 0 Å². The van der Waals surface area contributed by atoms with E-state index in [9.17, 15) is 8.78 Å². The largest absolute Gasteiger partial charge is 0.493 e. The number of alkyl halides is 2. The van der Waals surface area contributed by atoms with E-state index in [0.29, 0.717) is 18.8 Å². The summed E-state index contributed by atoms with van der Waals surface area (Å²) in [6, 6.07) is 4.97. The molecule has 0 bridgehead atoms. The summed E-state index contributed by atoms with van der Waals surface area (Å²) in [5.74, 6) is 0.990. The van der Waals surface area contributed by atoms with Gasteiger partial charge < -0.3 is 14.8 Å². The zero-order valence-corrected chi connectivity index (χ0v) is 12.3. The highest BCUT2D eigenvalue weighted by Crippen LogP contribution is 2.29. The van der Waals surface area contributed by atoms with Crippen LogP contribution in [0, 0.1) is 6.92 Å². The van der Waals surface area contributed by atoms with Crippen LogP contribution in [-0.4, -0.2) is 30.2 Å². The van der Waals surface area contributed by atoms with E-state index >= 15 is 0 Å². The Morgan fingerprint density at radius 1 is 1.23 bits per heavy atom. The number of anilines is 1. The van der Waals surface area contributed by atoms with E-state index in [1.54, 1.807) is 30.6 Å². The molecule has 0 aliphatic carbocycles. The molecule has 2 rings (SSSR count). The lowest BCUT2D eigenvalue weighted by Crippen LogP contribution is -2.08. The van der Waals surface area contributed by atoms with Crippen LogP contribution in [0.2, 0.25) is 0 Å². The first-order chi connectivity index (χ1) is 10.6. The summed E-state index contributed by atoms with van der Waals surface area (Å²) in [4.78, 5) is 8.31. The first-order valence-corrected chi connectivity index (χ1v) is 6.72. The second kappa shape index (κ2) is 7.53. The van der Waals surface area contributed by atoms with E-state index in [2.05, 4.69) is 20.0 Å². The first-order valence-electron chi connectivity index (χ1n) is 6.72. The number of halogens is 2. The Hall–Kier alpha value is -2.44. The number of hydrogen-bond donors (Lipinski definition) is 1. The summed E-state index contributed by atoms with van der Waals surface area (Å²) in [6.45, 7) is -0.432. The molecule has 118 valence electrons. The summed E-state index contributed by atoms with van der Waals surface area (Å²) in [7, 11) is 1.41. The maximum atomic E-state index is 12.4. The fourth-order valence-corrected chi connectivity index (χ4v) is 1.95. The lowest BCUT2D eigenvalue weighted by molar-refractivity contribution is -0.0512. The third kappa shape index (κ3) is 4.54. The van der Waals surface area contributed by atoms with Crippen LogP contribution >= 0.6 is 0 Å². The van der Waals surface area contributed by atoms with Crippen LogP contribution < -0.4 is 14.8 Å². The fourth-order valence-electron chi connectivity index (χ4n) is 1.95. The van der Waals surface area contributed by atoms with Gasteiger partial charge in [-0.1, -0.05) is 6.07 Å². The van der Waals surface area contributed by atoms with E-state index in [1.165, 1.54) is 7.11 Å². The van der Waals surface area contributed by atoms with Gasteiger partial charge in [0.25, 0.3) is 0 Å². The standard InChI is InChI=1S/C15H17F2N3O2/c1-10-8-18-9-14(20-10)19-6-5-11-3-4-12(21-2)13(7-11)22-15(16)17/h3-4,7-9,15H,5-6H2,1-2H3,(H,19,20). The van der Waals surface area contributed by atoms with Crippen LogP contribution in [0.4, 0.5) is 14.6 Å². The van der Waals surface area contributed by atoms with Gasteiger partial charge in [0, 0.05) is 12.7 Å². The number of benzene rings is 1. The van der Waals surface area contributed by atoms with Crippen molar-refractivity contribution in [3.8, 4) is 11.5 Å². The molecular formula is C15H17F2N3O2. The average Bonchev–Trinajstić information content (AvgIpc) is 2.47. The summed E-state index contributed by atoms with van der Waals surface area (Å²) in [6.07, 6.45) is 3.92. The average molecular weight is 309 g/mol. The third-order valence-electron chi connectivity index (χ3n) is 2.92. The Morgan fingerprint density at radius 2 is 2.05 bits per heavy atom. The predicted octanol–water partition coefficient (Wildman–Crippen LogP) is 3.05. The molecule has 0 aliphatic rings. The van der Waals surface area contributed by atoms with Gasteiger partial charge in [0.05, 0.1) is 19.0 Å². The lowest BCUT2D eigenvalue weighted by atomic mass is 10.1. The fraction of sp³-hybridized carbons (Fsp3) is 0.333. The number of nitrogens with one attached hydrogen (secondary N) is 1. The normalized spacial score (nSPS) is 10.6. The Balaban J connectivity index is 1.97. The van der Waals surface area contributed by atoms with Crippen molar-refractivity contribution in [1.82, 2.24) is 9.97 Å². The minimum absolute atomic E-state index is 0.0327. The number of methoxy groups -OCH3 is 1. The van der Waals surface area contributed by atoms with Crippen LogP contribution in [0.5, 0.6) is 11.5 Å². The predicted molar refractivity (Wildman–Crippen MR) is 78.6 cm³/mol. The molecule has 22 heavy (non-hydrogen) atoms. The van der Waals surface area contributed by atoms with Crippen LogP contribution in [0.3, 0.4) is 0 Å². The highest BCUT2D eigenvalue weighted by molar-refractivity contribution is 5.43. The Bertz CT molecular complexity index is 623. The van der Waals surface area contributed by atoms with Crippen molar-refractivity contribution in [2.75, 3.05) is 19.0 Å². The number of nitrogens with zero attached hydrogens (tertiary/aromatic N) is 2. The highest BCUT2D eigenvalue weighted by Gasteiger charge is 2.11. The molecule has 1 aromatic carbocycles. The van der Waals surface area contributed by atoms with Crippen molar-refractivity contribution in [3.63, 3.8) is 0 Å². The summed E-state index contributed by atoms with van der Waals surface area (Å²) in [5, 5.41) is 3.13. The summed E-state index contributed by atoms with van der Waals surface area (Å²) >= 11 is 0. The minimum Gasteiger partial charge on any atom is -0.493 e. The van der Waals surface area contributed by atoms with Gasteiger partial charge in [0.2, 0.25) is 0 Å². The van der Waals surface area contributed by atoms with E-state index in [0.717, 1.165) is 11.3 Å². The number of hydrogen-bond acceptors (Lipinski definition) is 5. The molecule has 1 heterocycles. The van der Waals surface area contributed by atoms with Gasteiger partial charge in [-0.25, -0.2) is 4.98 Å². The molecule has 0 amide bonds. The molecule has 0 unspecified atom stereocenters. The Labute approximate surface area is 127 Å². The molecule has 0 atom stereocenters. The molecule has 0 saturated heterocycles. The van der Waals surface area contributed by atoms with Crippen molar-refractivity contribution < 1.29 is 18.3 Å². The van der Waals surface area contributed by atoms with E-state index in [4.69, 9.17) is 4.74 Å². The van der Waals surface area contributed by atoms with E-state index in [1.807, 2.05) is 6.92 Å². The van der Waals surface area contributed by atoms with Crippen molar-refractivity contribution in [1.29, 1.82) is 0 Å². The Morgan fingerprint density at radius 3 is 2.73 bits per heavy atom. The van der Waals surface area contributed by atoms with Crippen molar-refractivity contribution >= 4 is 5.82 Å². The van der Waals surface area contributed by atoms with Crippen molar-refractivity contribution in [3.05, 3.63) is 41.9 Å². The van der Waals surface area contributed by atoms with Crippen LogP contribution in [0.15, 0.2) is 30.6 Å². The zero-order chi connectivity index (χ0) is 15.9. The molecule has 2 aromatic rings. The highest BCUT2D eigenvalue weighted by atomic mass is 19.3. The molecule has 1 N–H and O–H groups in total. The molecule has 0 aliphatic heterocycles.